The van der Waals surface area contributed by atoms with E-state index in [0.29, 0.717) is 19.6 Å². The van der Waals surface area contributed by atoms with Crippen molar-refractivity contribution >= 4 is 11.8 Å². The van der Waals surface area contributed by atoms with Gasteiger partial charge in [0.1, 0.15) is 5.82 Å². The summed E-state index contributed by atoms with van der Waals surface area (Å²) in [5.74, 6) is -1.05. The Bertz CT molecular complexity index is 580. The molecule has 0 aromatic heterocycles. The number of carbonyl (C=O) groups is 2. The van der Waals surface area contributed by atoms with Crippen molar-refractivity contribution in [2.45, 2.75) is 25.0 Å². The number of rotatable bonds is 7. The number of nitrogens with zero attached hydrogens (tertiary/aromatic N) is 1. The standard InChI is InChI=1S/C16H22FN3O4/c17-12-3-1-2-11(6-12)8-20-5-4-18-16(24)14(20)7-15(23)19-13(9-21)10-22/h1-3,6,13-14,21-22H,4-5,7-10H2,(H,18,24)(H,19,23). The van der Waals surface area contributed by atoms with Crippen molar-refractivity contribution in [3.63, 3.8) is 0 Å². The van der Waals surface area contributed by atoms with E-state index >= 15 is 0 Å². The first-order valence-electron chi connectivity index (χ1n) is 7.80. The van der Waals surface area contributed by atoms with Crippen molar-refractivity contribution in [1.29, 1.82) is 0 Å². The van der Waals surface area contributed by atoms with E-state index in [1.54, 1.807) is 12.1 Å². The molecule has 1 saturated heterocycles. The average Bonchev–Trinajstić information content (AvgIpc) is 2.56. The largest absolute Gasteiger partial charge is 0.394 e. The normalized spacial score (nSPS) is 18.5. The van der Waals surface area contributed by atoms with Crippen LogP contribution in [-0.2, 0) is 16.1 Å². The summed E-state index contributed by atoms with van der Waals surface area (Å²) in [4.78, 5) is 26.0. The van der Waals surface area contributed by atoms with E-state index in [1.165, 1.54) is 12.1 Å². The van der Waals surface area contributed by atoms with Crippen molar-refractivity contribution in [3.8, 4) is 0 Å². The van der Waals surface area contributed by atoms with Crippen LogP contribution in [0.25, 0.3) is 0 Å². The zero-order valence-electron chi connectivity index (χ0n) is 13.2. The SMILES string of the molecule is O=C(CC1C(=O)NCCN1Cc1cccc(F)c1)NC(CO)CO. The smallest absolute Gasteiger partial charge is 0.237 e. The van der Waals surface area contributed by atoms with Gasteiger partial charge in [0.2, 0.25) is 11.8 Å². The van der Waals surface area contributed by atoms with Crippen molar-refractivity contribution in [3.05, 3.63) is 35.6 Å². The van der Waals surface area contributed by atoms with Crippen molar-refractivity contribution in [1.82, 2.24) is 15.5 Å². The molecule has 0 bridgehead atoms. The van der Waals surface area contributed by atoms with Gasteiger partial charge < -0.3 is 20.8 Å². The van der Waals surface area contributed by atoms with Gasteiger partial charge >= 0.3 is 0 Å². The molecule has 2 amide bonds. The fraction of sp³-hybridized carbons (Fsp3) is 0.500. The number of piperazine rings is 1. The number of aliphatic hydroxyl groups is 2. The van der Waals surface area contributed by atoms with Crippen LogP contribution >= 0.6 is 0 Å². The number of aliphatic hydroxyl groups excluding tert-OH is 2. The first kappa shape index (κ1) is 18.3. The molecule has 7 nitrogen and oxygen atoms in total. The topological polar surface area (TPSA) is 102 Å². The Morgan fingerprint density at radius 2 is 2.17 bits per heavy atom. The maximum atomic E-state index is 13.3. The number of nitrogens with one attached hydrogen (secondary N) is 2. The Balaban J connectivity index is 2.03. The van der Waals surface area contributed by atoms with Crippen LogP contribution in [0.15, 0.2) is 24.3 Å². The third kappa shape index (κ3) is 4.98. The third-order valence-corrected chi connectivity index (χ3v) is 3.90. The van der Waals surface area contributed by atoms with E-state index < -0.39 is 18.0 Å². The van der Waals surface area contributed by atoms with Gasteiger partial charge in [0.15, 0.2) is 0 Å². The van der Waals surface area contributed by atoms with Crippen LogP contribution in [0.2, 0.25) is 0 Å². The molecule has 132 valence electrons. The van der Waals surface area contributed by atoms with E-state index in [-0.39, 0.29) is 31.4 Å². The summed E-state index contributed by atoms with van der Waals surface area (Å²) in [6.45, 7) is 0.594. The van der Waals surface area contributed by atoms with Gasteiger partial charge in [0, 0.05) is 19.6 Å². The molecule has 1 aliphatic heterocycles. The van der Waals surface area contributed by atoms with E-state index in [1.807, 2.05) is 4.90 Å². The summed E-state index contributed by atoms with van der Waals surface area (Å²) >= 11 is 0. The molecule has 0 radical (unpaired) electrons. The lowest BCUT2D eigenvalue weighted by Gasteiger charge is -2.35. The Labute approximate surface area is 139 Å². The number of benzene rings is 1. The lowest BCUT2D eigenvalue weighted by molar-refractivity contribution is -0.134. The second-order valence-electron chi connectivity index (χ2n) is 5.74. The highest BCUT2D eigenvalue weighted by molar-refractivity contribution is 5.88. The minimum absolute atomic E-state index is 0.0996. The quantitative estimate of drug-likeness (QED) is 0.510. The number of halogens is 1. The summed E-state index contributed by atoms with van der Waals surface area (Å²) in [6.07, 6.45) is -0.0996. The molecular weight excluding hydrogens is 317 g/mol. The van der Waals surface area contributed by atoms with Gasteiger partial charge in [-0.1, -0.05) is 12.1 Å². The summed E-state index contributed by atoms with van der Waals surface area (Å²) in [6, 6.07) is 4.68. The first-order chi connectivity index (χ1) is 11.5. The monoisotopic (exact) mass is 339 g/mol. The van der Waals surface area contributed by atoms with Gasteiger partial charge in [-0.25, -0.2) is 4.39 Å². The zero-order valence-corrected chi connectivity index (χ0v) is 13.2. The molecule has 0 spiro atoms. The number of carbonyl (C=O) groups excluding carboxylic acids is 2. The minimum atomic E-state index is -0.749. The predicted molar refractivity (Wildman–Crippen MR) is 84.3 cm³/mol. The molecule has 24 heavy (non-hydrogen) atoms. The molecule has 0 aliphatic carbocycles. The zero-order chi connectivity index (χ0) is 17.5. The number of hydrogen-bond acceptors (Lipinski definition) is 5. The second-order valence-corrected chi connectivity index (χ2v) is 5.74. The molecular formula is C16H22FN3O4. The van der Waals surface area contributed by atoms with Crippen molar-refractivity contribution in [2.75, 3.05) is 26.3 Å². The molecule has 1 atom stereocenters. The molecule has 4 N–H and O–H groups in total. The Hall–Kier alpha value is -2.03. The number of amides is 2. The molecule has 1 aliphatic rings. The van der Waals surface area contributed by atoms with E-state index in [2.05, 4.69) is 10.6 Å². The Morgan fingerprint density at radius 3 is 2.83 bits per heavy atom. The second kappa shape index (κ2) is 8.72. The van der Waals surface area contributed by atoms with Crippen LogP contribution in [-0.4, -0.2) is 65.3 Å². The average molecular weight is 339 g/mol. The highest BCUT2D eigenvalue weighted by Crippen LogP contribution is 2.14. The molecule has 1 unspecified atom stereocenters. The molecule has 1 fully saturated rings. The minimum Gasteiger partial charge on any atom is -0.394 e. The van der Waals surface area contributed by atoms with E-state index in [0.717, 1.165) is 5.56 Å². The lowest BCUT2D eigenvalue weighted by Crippen LogP contribution is -2.56. The third-order valence-electron chi connectivity index (χ3n) is 3.90. The van der Waals surface area contributed by atoms with Gasteiger partial charge in [-0.05, 0) is 17.7 Å². The molecule has 1 aromatic rings. The Kier molecular flexibility index (Phi) is 6.65. The fourth-order valence-corrected chi connectivity index (χ4v) is 2.65. The number of hydrogen-bond donors (Lipinski definition) is 4. The molecule has 2 rings (SSSR count). The van der Waals surface area contributed by atoms with Crippen LogP contribution < -0.4 is 10.6 Å². The summed E-state index contributed by atoms with van der Waals surface area (Å²) in [7, 11) is 0. The van der Waals surface area contributed by atoms with Crippen LogP contribution in [0.5, 0.6) is 0 Å². The predicted octanol–water partition coefficient (Wildman–Crippen LogP) is -1.01. The highest BCUT2D eigenvalue weighted by atomic mass is 19.1. The Morgan fingerprint density at radius 1 is 1.42 bits per heavy atom. The summed E-state index contributed by atoms with van der Waals surface area (Å²) in [5, 5.41) is 23.2. The van der Waals surface area contributed by atoms with E-state index in [9.17, 15) is 14.0 Å². The van der Waals surface area contributed by atoms with Crippen LogP contribution in [0.3, 0.4) is 0 Å². The maximum absolute atomic E-state index is 13.3. The lowest BCUT2D eigenvalue weighted by atomic mass is 10.1. The molecule has 1 aromatic carbocycles. The van der Waals surface area contributed by atoms with Gasteiger partial charge in [0.25, 0.3) is 0 Å². The van der Waals surface area contributed by atoms with Crippen LogP contribution in [0.1, 0.15) is 12.0 Å². The molecule has 1 heterocycles. The van der Waals surface area contributed by atoms with Gasteiger partial charge in [-0.15, -0.1) is 0 Å². The summed E-state index contributed by atoms with van der Waals surface area (Å²) in [5.41, 5.74) is 0.721. The van der Waals surface area contributed by atoms with E-state index in [4.69, 9.17) is 10.2 Å². The van der Waals surface area contributed by atoms with Crippen molar-refractivity contribution < 1.29 is 24.2 Å². The van der Waals surface area contributed by atoms with Gasteiger partial charge in [-0.2, -0.15) is 0 Å². The first-order valence-corrected chi connectivity index (χ1v) is 7.80. The highest BCUT2D eigenvalue weighted by Gasteiger charge is 2.32. The molecule has 0 saturated carbocycles. The van der Waals surface area contributed by atoms with Crippen LogP contribution in [0.4, 0.5) is 4.39 Å². The van der Waals surface area contributed by atoms with Gasteiger partial charge in [0.05, 0.1) is 31.7 Å². The maximum Gasteiger partial charge on any atom is 0.237 e. The fourth-order valence-electron chi connectivity index (χ4n) is 2.65. The van der Waals surface area contributed by atoms with Crippen molar-refractivity contribution in [2.24, 2.45) is 0 Å². The van der Waals surface area contributed by atoms with Crippen LogP contribution in [0, 0.1) is 5.82 Å². The summed E-state index contributed by atoms with van der Waals surface area (Å²) < 4.78 is 13.3. The molecule has 8 heteroatoms. The van der Waals surface area contributed by atoms with Gasteiger partial charge in [-0.3, -0.25) is 14.5 Å².